The highest BCUT2D eigenvalue weighted by atomic mass is 32.2. The molecule has 11 heteroatoms. The Bertz CT molecular complexity index is 600. The number of hydrogen-bond acceptors (Lipinski definition) is 9. The van der Waals surface area contributed by atoms with Crippen LogP contribution in [0.1, 0.15) is 91.4 Å². The van der Waals surface area contributed by atoms with Gasteiger partial charge in [0.2, 0.25) is 0 Å². The first-order valence-corrected chi connectivity index (χ1v) is 12.5. The second-order valence-electron chi connectivity index (χ2n) is 7.64. The van der Waals surface area contributed by atoms with E-state index in [1.54, 1.807) is 0 Å². The van der Waals surface area contributed by atoms with Crippen molar-refractivity contribution >= 4 is 22.1 Å². The molecule has 0 fully saturated rings. The maximum Gasteiger partial charge on any atom is 0.327 e. The number of aliphatic hydroxyl groups excluding tert-OH is 2. The Morgan fingerprint density at radius 3 is 1.74 bits per heavy atom. The lowest BCUT2D eigenvalue weighted by atomic mass is 10.1. The summed E-state index contributed by atoms with van der Waals surface area (Å²) in [5.74, 6) is -2.49. The molecule has 31 heavy (non-hydrogen) atoms. The molecule has 0 rings (SSSR count). The van der Waals surface area contributed by atoms with Crippen molar-refractivity contribution in [3.05, 3.63) is 0 Å². The maximum absolute atomic E-state index is 12.1. The standard InChI is InChI=1S/C20H39NO9S/c1-4-5-6-7-8-9-10-11-12-13-14-29-20(25)18(31(26,27)28)15-19(24)30-21(16(2)22)17(3)23/h16-18,22-23H,4-15H2,1-3H3,(H,26,27,28). The minimum Gasteiger partial charge on any atom is -0.465 e. The van der Waals surface area contributed by atoms with Gasteiger partial charge >= 0.3 is 11.9 Å². The molecule has 0 aliphatic heterocycles. The van der Waals surface area contributed by atoms with Gasteiger partial charge in [-0.25, -0.2) is 0 Å². The van der Waals surface area contributed by atoms with Crippen LogP contribution in [-0.4, -0.2) is 64.5 Å². The van der Waals surface area contributed by atoms with Crippen LogP contribution in [0.15, 0.2) is 0 Å². The number of aliphatic hydroxyl groups is 2. The molecule has 0 amide bonds. The van der Waals surface area contributed by atoms with Crippen LogP contribution in [0.25, 0.3) is 0 Å². The predicted molar refractivity (Wildman–Crippen MR) is 114 cm³/mol. The van der Waals surface area contributed by atoms with Gasteiger partial charge in [-0.1, -0.05) is 69.8 Å². The van der Waals surface area contributed by atoms with Gasteiger partial charge in [-0.3, -0.25) is 14.1 Å². The van der Waals surface area contributed by atoms with E-state index >= 15 is 0 Å². The third-order valence-electron chi connectivity index (χ3n) is 4.66. The first-order valence-electron chi connectivity index (χ1n) is 11.0. The van der Waals surface area contributed by atoms with Crippen LogP contribution in [0, 0.1) is 0 Å². The van der Waals surface area contributed by atoms with E-state index in [0.29, 0.717) is 11.5 Å². The normalized spacial score (nSPS) is 14.8. The van der Waals surface area contributed by atoms with Gasteiger partial charge < -0.3 is 19.8 Å². The molecule has 184 valence electrons. The van der Waals surface area contributed by atoms with Gasteiger partial charge in [0, 0.05) is 0 Å². The Kier molecular flexibility index (Phi) is 15.7. The lowest BCUT2D eigenvalue weighted by molar-refractivity contribution is -0.276. The summed E-state index contributed by atoms with van der Waals surface area (Å²) in [6.45, 7) is 4.57. The van der Waals surface area contributed by atoms with Gasteiger partial charge in [0.15, 0.2) is 5.25 Å². The first-order chi connectivity index (χ1) is 14.5. The van der Waals surface area contributed by atoms with E-state index in [9.17, 15) is 32.8 Å². The number of unbranched alkanes of at least 4 members (excludes halogenated alkanes) is 9. The molecule has 0 aliphatic carbocycles. The van der Waals surface area contributed by atoms with Crippen LogP contribution >= 0.6 is 0 Å². The molecule has 0 aromatic rings. The molecule has 0 aromatic heterocycles. The Morgan fingerprint density at radius 2 is 1.32 bits per heavy atom. The average Bonchev–Trinajstić information content (AvgIpc) is 2.66. The molecule has 0 saturated heterocycles. The Morgan fingerprint density at radius 1 is 0.871 bits per heavy atom. The van der Waals surface area contributed by atoms with Gasteiger partial charge in [0.1, 0.15) is 12.5 Å². The minimum absolute atomic E-state index is 0.0239. The zero-order valence-corrected chi connectivity index (χ0v) is 19.7. The van der Waals surface area contributed by atoms with E-state index in [-0.39, 0.29) is 6.61 Å². The summed E-state index contributed by atoms with van der Waals surface area (Å²) in [4.78, 5) is 28.6. The smallest absolute Gasteiger partial charge is 0.327 e. The van der Waals surface area contributed by atoms with Gasteiger partial charge in [-0.15, -0.1) is 0 Å². The SMILES string of the molecule is CCCCCCCCCCCCOC(=O)C(CC(=O)ON(C(C)O)C(C)O)S(=O)(=O)O. The van der Waals surface area contributed by atoms with Crippen LogP contribution in [0.3, 0.4) is 0 Å². The quantitative estimate of drug-likeness (QED) is 0.0898. The van der Waals surface area contributed by atoms with E-state index < -0.39 is 46.2 Å². The Balaban J connectivity index is 4.31. The molecule has 0 heterocycles. The zero-order chi connectivity index (χ0) is 23.9. The molecule has 0 aromatic carbocycles. The van der Waals surface area contributed by atoms with Gasteiger partial charge in [0.25, 0.3) is 10.1 Å². The topological polar surface area (TPSA) is 151 Å². The molecule has 0 radical (unpaired) electrons. The second kappa shape index (κ2) is 16.4. The molecule has 3 unspecified atom stereocenters. The highest BCUT2D eigenvalue weighted by Gasteiger charge is 2.36. The van der Waals surface area contributed by atoms with E-state index in [2.05, 4.69) is 11.8 Å². The summed E-state index contributed by atoms with van der Waals surface area (Å²) in [5.41, 5.74) is 0. The van der Waals surface area contributed by atoms with Crippen molar-refractivity contribution in [3.8, 4) is 0 Å². The average molecular weight is 470 g/mol. The summed E-state index contributed by atoms with van der Waals surface area (Å²) < 4.78 is 37.2. The summed E-state index contributed by atoms with van der Waals surface area (Å²) in [7, 11) is -4.92. The molecule has 3 atom stereocenters. The number of hydrogen-bond donors (Lipinski definition) is 3. The van der Waals surface area contributed by atoms with Crippen LogP contribution in [0.2, 0.25) is 0 Å². The van der Waals surface area contributed by atoms with Crippen LogP contribution in [0.5, 0.6) is 0 Å². The van der Waals surface area contributed by atoms with Crippen molar-refractivity contribution < 1.29 is 42.3 Å². The van der Waals surface area contributed by atoms with E-state index in [1.807, 2.05) is 0 Å². The fourth-order valence-electron chi connectivity index (χ4n) is 2.94. The maximum atomic E-state index is 12.1. The molecule has 3 N–H and O–H groups in total. The Labute approximate surface area is 185 Å². The summed E-state index contributed by atoms with van der Waals surface area (Å²) in [6.07, 6.45) is 7.03. The fraction of sp³-hybridized carbons (Fsp3) is 0.900. The number of ether oxygens (including phenoxy) is 1. The van der Waals surface area contributed by atoms with Crippen LogP contribution in [0.4, 0.5) is 0 Å². The molecule has 0 saturated carbocycles. The molecule has 0 bridgehead atoms. The van der Waals surface area contributed by atoms with Crippen LogP contribution in [-0.2, 0) is 29.3 Å². The van der Waals surface area contributed by atoms with Gasteiger partial charge in [0.05, 0.1) is 13.0 Å². The lowest BCUT2D eigenvalue weighted by Crippen LogP contribution is -2.43. The van der Waals surface area contributed by atoms with Crippen molar-refractivity contribution in [1.82, 2.24) is 5.06 Å². The number of esters is 1. The number of rotatable bonds is 18. The van der Waals surface area contributed by atoms with Crippen molar-refractivity contribution in [3.63, 3.8) is 0 Å². The van der Waals surface area contributed by atoms with E-state index in [0.717, 1.165) is 25.7 Å². The first kappa shape index (κ1) is 29.7. The highest BCUT2D eigenvalue weighted by Crippen LogP contribution is 2.13. The number of carbonyl (C=O) groups is 2. The molecular weight excluding hydrogens is 430 g/mol. The largest absolute Gasteiger partial charge is 0.465 e. The Hall–Kier alpha value is -1.27. The molecule has 0 spiro atoms. The number of carbonyl (C=O) groups excluding carboxylic acids is 2. The van der Waals surface area contributed by atoms with Crippen molar-refractivity contribution in [2.24, 2.45) is 0 Å². The second-order valence-corrected chi connectivity index (χ2v) is 9.24. The summed E-state index contributed by atoms with van der Waals surface area (Å²) in [6, 6.07) is 0. The highest BCUT2D eigenvalue weighted by molar-refractivity contribution is 7.87. The minimum atomic E-state index is -4.92. The molecule has 0 aliphatic rings. The number of nitrogens with zero attached hydrogens (tertiary/aromatic N) is 1. The van der Waals surface area contributed by atoms with Crippen molar-refractivity contribution in [1.29, 1.82) is 0 Å². The van der Waals surface area contributed by atoms with E-state index in [1.165, 1.54) is 46.0 Å². The third-order valence-corrected chi connectivity index (χ3v) is 5.74. The molecule has 10 nitrogen and oxygen atoms in total. The molecular formula is C20H39NO9S. The van der Waals surface area contributed by atoms with Crippen molar-refractivity contribution in [2.75, 3.05) is 6.61 Å². The van der Waals surface area contributed by atoms with Crippen LogP contribution < -0.4 is 0 Å². The zero-order valence-electron chi connectivity index (χ0n) is 18.9. The van der Waals surface area contributed by atoms with E-state index in [4.69, 9.17) is 4.74 Å². The number of hydroxylamine groups is 2. The summed E-state index contributed by atoms with van der Waals surface area (Å²) >= 11 is 0. The predicted octanol–water partition coefficient (Wildman–Crippen LogP) is 2.53. The third kappa shape index (κ3) is 14.4. The van der Waals surface area contributed by atoms with Gasteiger partial charge in [-0.2, -0.15) is 8.42 Å². The fourth-order valence-corrected chi connectivity index (χ4v) is 3.59. The summed E-state index contributed by atoms with van der Waals surface area (Å²) in [5, 5.41) is 17.2. The van der Waals surface area contributed by atoms with Gasteiger partial charge in [-0.05, 0) is 20.3 Å². The van der Waals surface area contributed by atoms with Crippen molar-refractivity contribution in [2.45, 2.75) is 109 Å². The monoisotopic (exact) mass is 469 g/mol. The lowest BCUT2D eigenvalue weighted by Gasteiger charge is -2.26.